The zero-order valence-electron chi connectivity index (χ0n) is 11.0. The highest BCUT2D eigenvalue weighted by molar-refractivity contribution is 5.78. The molecule has 2 aliphatic rings. The van der Waals surface area contributed by atoms with Gasteiger partial charge >= 0.3 is 0 Å². The van der Waals surface area contributed by atoms with Crippen molar-refractivity contribution >= 4 is 17.0 Å². The lowest BCUT2D eigenvalue weighted by atomic mass is 9.80. The van der Waals surface area contributed by atoms with E-state index < -0.39 is 0 Å². The van der Waals surface area contributed by atoms with E-state index >= 15 is 0 Å². The van der Waals surface area contributed by atoms with Gasteiger partial charge in [0.1, 0.15) is 5.65 Å². The molecular formula is C14H19N5. The summed E-state index contributed by atoms with van der Waals surface area (Å²) >= 11 is 0. The normalized spacial score (nSPS) is 21.7. The molecule has 5 nitrogen and oxygen atoms in total. The third kappa shape index (κ3) is 1.57. The van der Waals surface area contributed by atoms with Crippen molar-refractivity contribution in [3.63, 3.8) is 0 Å². The van der Waals surface area contributed by atoms with Gasteiger partial charge in [0.25, 0.3) is 0 Å². The van der Waals surface area contributed by atoms with Crippen molar-refractivity contribution in [1.29, 1.82) is 0 Å². The van der Waals surface area contributed by atoms with Crippen LogP contribution < -0.4 is 11.1 Å². The molecule has 4 rings (SSSR count). The fraction of sp³-hybridized carbons (Fsp3) is 0.571. The second-order valence-corrected chi connectivity index (χ2v) is 5.87. The SMILES string of the molecule is Nc1ncc2cc3n(c2n1)C1(CCCCC1)CNC3. The van der Waals surface area contributed by atoms with Crippen molar-refractivity contribution in [2.75, 3.05) is 12.3 Å². The molecule has 0 radical (unpaired) electrons. The first kappa shape index (κ1) is 11.2. The van der Waals surface area contributed by atoms with Crippen LogP contribution in [-0.4, -0.2) is 21.1 Å². The summed E-state index contributed by atoms with van der Waals surface area (Å²) in [4.78, 5) is 8.62. The van der Waals surface area contributed by atoms with Crippen molar-refractivity contribution < 1.29 is 0 Å². The third-order valence-electron chi connectivity index (χ3n) is 4.65. The number of rotatable bonds is 0. The molecule has 0 unspecified atom stereocenters. The maximum absolute atomic E-state index is 5.78. The number of anilines is 1. The van der Waals surface area contributed by atoms with E-state index in [0.29, 0.717) is 5.95 Å². The Morgan fingerprint density at radius 2 is 2.11 bits per heavy atom. The molecule has 0 amide bonds. The number of nitrogen functional groups attached to an aromatic ring is 1. The highest BCUT2D eigenvalue weighted by Crippen LogP contribution is 2.40. The Labute approximate surface area is 112 Å². The first-order valence-corrected chi connectivity index (χ1v) is 7.13. The Bertz CT molecular complexity index is 624. The van der Waals surface area contributed by atoms with E-state index in [1.807, 2.05) is 6.20 Å². The van der Waals surface area contributed by atoms with Crippen molar-refractivity contribution in [2.24, 2.45) is 0 Å². The maximum Gasteiger partial charge on any atom is 0.221 e. The lowest BCUT2D eigenvalue weighted by Crippen LogP contribution is -2.49. The van der Waals surface area contributed by atoms with Crippen molar-refractivity contribution in [3.8, 4) is 0 Å². The predicted molar refractivity (Wildman–Crippen MR) is 74.7 cm³/mol. The lowest BCUT2D eigenvalue weighted by molar-refractivity contribution is 0.168. The highest BCUT2D eigenvalue weighted by Gasteiger charge is 2.38. The minimum Gasteiger partial charge on any atom is -0.368 e. The molecule has 100 valence electrons. The van der Waals surface area contributed by atoms with Gasteiger partial charge in [-0.05, 0) is 18.9 Å². The largest absolute Gasteiger partial charge is 0.368 e. The lowest BCUT2D eigenvalue weighted by Gasteiger charge is -2.43. The summed E-state index contributed by atoms with van der Waals surface area (Å²) in [5, 5.41) is 4.69. The molecule has 0 aromatic carbocycles. The predicted octanol–water partition coefficient (Wildman–Crippen LogP) is 1.78. The molecule has 1 spiro atoms. The van der Waals surface area contributed by atoms with Crippen LogP contribution in [0.5, 0.6) is 0 Å². The van der Waals surface area contributed by atoms with Crippen LogP contribution in [0.1, 0.15) is 37.8 Å². The maximum atomic E-state index is 5.78. The van der Waals surface area contributed by atoms with Crippen LogP contribution in [0.4, 0.5) is 5.95 Å². The molecule has 1 aliphatic carbocycles. The topological polar surface area (TPSA) is 68.8 Å². The molecule has 3 heterocycles. The Kier molecular flexibility index (Phi) is 2.33. The number of nitrogens with one attached hydrogen (secondary N) is 1. The van der Waals surface area contributed by atoms with Crippen LogP contribution >= 0.6 is 0 Å². The van der Waals surface area contributed by atoms with Gasteiger partial charge in [-0.2, -0.15) is 4.98 Å². The molecule has 0 atom stereocenters. The van der Waals surface area contributed by atoms with Gasteiger partial charge in [0.05, 0.1) is 5.54 Å². The van der Waals surface area contributed by atoms with Crippen molar-refractivity contribution in [2.45, 2.75) is 44.2 Å². The van der Waals surface area contributed by atoms with Gasteiger partial charge in [0.15, 0.2) is 0 Å². The molecule has 0 saturated heterocycles. The molecule has 2 aromatic heterocycles. The number of hydrogen-bond donors (Lipinski definition) is 2. The molecule has 1 fully saturated rings. The van der Waals surface area contributed by atoms with Crippen molar-refractivity contribution in [1.82, 2.24) is 19.9 Å². The molecule has 0 bridgehead atoms. The van der Waals surface area contributed by atoms with Gasteiger partial charge in [0.2, 0.25) is 5.95 Å². The number of aromatic nitrogens is 3. The van der Waals surface area contributed by atoms with Gasteiger partial charge in [-0.25, -0.2) is 4.98 Å². The number of fused-ring (bicyclic) bond motifs is 4. The summed E-state index contributed by atoms with van der Waals surface area (Å²) in [7, 11) is 0. The minimum atomic E-state index is 0.203. The fourth-order valence-corrected chi connectivity index (χ4v) is 3.83. The molecule has 3 N–H and O–H groups in total. The number of hydrogen-bond acceptors (Lipinski definition) is 4. The van der Waals surface area contributed by atoms with Crippen LogP contribution in [0.3, 0.4) is 0 Å². The monoisotopic (exact) mass is 257 g/mol. The summed E-state index contributed by atoms with van der Waals surface area (Å²) in [6, 6.07) is 2.21. The summed E-state index contributed by atoms with van der Waals surface area (Å²) in [6.07, 6.45) is 8.29. The van der Waals surface area contributed by atoms with Crippen LogP contribution in [0.2, 0.25) is 0 Å². The molecule has 2 aromatic rings. The zero-order valence-corrected chi connectivity index (χ0v) is 11.0. The molecule has 1 aliphatic heterocycles. The number of nitrogens with zero attached hydrogens (tertiary/aromatic N) is 3. The van der Waals surface area contributed by atoms with E-state index in [0.717, 1.165) is 24.1 Å². The summed E-state index contributed by atoms with van der Waals surface area (Å²) in [5.41, 5.74) is 8.33. The highest BCUT2D eigenvalue weighted by atomic mass is 15.2. The van der Waals surface area contributed by atoms with E-state index in [-0.39, 0.29) is 5.54 Å². The molecular weight excluding hydrogens is 238 g/mol. The average Bonchev–Trinajstić information content (AvgIpc) is 2.79. The smallest absolute Gasteiger partial charge is 0.221 e. The quantitative estimate of drug-likeness (QED) is 0.755. The zero-order chi connectivity index (χ0) is 12.9. The Morgan fingerprint density at radius 3 is 2.95 bits per heavy atom. The van der Waals surface area contributed by atoms with Crippen LogP contribution in [0.25, 0.3) is 11.0 Å². The average molecular weight is 257 g/mol. The Morgan fingerprint density at radius 1 is 1.26 bits per heavy atom. The van der Waals surface area contributed by atoms with E-state index in [4.69, 9.17) is 5.73 Å². The van der Waals surface area contributed by atoms with Gasteiger partial charge in [-0.1, -0.05) is 19.3 Å². The van der Waals surface area contributed by atoms with E-state index in [1.54, 1.807) is 0 Å². The van der Waals surface area contributed by atoms with Crippen LogP contribution in [-0.2, 0) is 12.1 Å². The van der Waals surface area contributed by atoms with E-state index in [2.05, 4.69) is 25.9 Å². The molecule has 5 heteroatoms. The summed E-state index contributed by atoms with van der Waals surface area (Å²) in [5.74, 6) is 0.373. The standard InChI is InChI=1S/C14H19N5/c15-13-17-7-10-6-11-8-16-9-14(4-2-1-3-5-14)19(11)12(10)18-13/h6-7,16H,1-5,8-9H2,(H2,15,17,18). The van der Waals surface area contributed by atoms with Crippen molar-refractivity contribution in [3.05, 3.63) is 18.0 Å². The first-order chi connectivity index (χ1) is 9.28. The van der Waals surface area contributed by atoms with Gasteiger partial charge < -0.3 is 15.6 Å². The Balaban J connectivity index is 1.97. The minimum absolute atomic E-state index is 0.203. The second-order valence-electron chi connectivity index (χ2n) is 5.87. The molecule has 19 heavy (non-hydrogen) atoms. The molecule has 1 saturated carbocycles. The first-order valence-electron chi connectivity index (χ1n) is 7.13. The van der Waals surface area contributed by atoms with Crippen LogP contribution in [0.15, 0.2) is 12.3 Å². The van der Waals surface area contributed by atoms with Gasteiger partial charge in [-0.3, -0.25) is 0 Å². The fourth-order valence-electron chi connectivity index (χ4n) is 3.83. The van der Waals surface area contributed by atoms with Gasteiger partial charge in [-0.15, -0.1) is 0 Å². The van der Waals surface area contributed by atoms with Crippen LogP contribution in [0, 0.1) is 0 Å². The number of nitrogens with two attached hydrogens (primary N) is 1. The summed E-state index contributed by atoms with van der Waals surface area (Å²) in [6.45, 7) is 1.96. The van der Waals surface area contributed by atoms with Gasteiger partial charge in [0, 0.05) is 30.4 Å². The summed E-state index contributed by atoms with van der Waals surface area (Å²) < 4.78 is 2.45. The third-order valence-corrected chi connectivity index (χ3v) is 4.65. The second kappa shape index (κ2) is 3.93. The Hall–Kier alpha value is -1.62. The van der Waals surface area contributed by atoms with E-state index in [1.165, 1.54) is 37.8 Å². The van der Waals surface area contributed by atoms with E-state index in [9.17, 15) is 0 Å².